The topological polar surface area (TPSA) is 208 Å². The number of nitrogens with two attached hydrogens (primary N) is 1. The molecule has 0 aliphatic rings. The van der Waals surface area contributed by atoms with E-state index in [2.05, 4.69) is 16.0 Å². The van der Waals surface area contributed by atoms with Crippen LogP contribution in [0.25, 0.3) is 0 Å². The first-order chi connectivity index (χ1) is 13.3. The second kappa shape index (κ2) is 12.0. The van der Waals surface area contributed by atoms with Gasteiger partial charge in [0.15, 0.2) is 0 Å². The first-order valence-corrected chi connectivity index (χ1v) is 9.07. The summed E-state index contributed by atoms with van der Waals surface area (Å²) in [6, 6.07) is -4.87. The maximum Gasteiger partial charge on any atom is 0.326 e. The quantitative estimate of drug-likeness (QED) is 0.183. The maximum atomic E-state index is 12.4. The van der Waals surface area contributed by atoms with Gasteiger partial charge in [0.05, 0.1) is 6.10 Å². The Morgan fingerprint density at radius 3 is 1.83 bits per heavy atom. The maximum absolute atomic E-state index is 12.4. The van der Waals surface area contributed by atoms with E-state index in [0.717, 1.165) is 0 Å². The number of carbonyl (C=O) groups is 5. The molecule has 0 spiro atoms. The van der Waals surface area contributed by atoms with Crippen molar-refractivity contribution >= 4 is 29.7 Å². The van der Waals surface area contributed by atoms with Crippen LogP contribution in [0.15, 0.2) is 0 Å². The molecule has 5 atom stereocenters. The van der Waals surface area contributed by atoms with Crippen molar-refractivity contribution in [2.75, 3.05) is 0 Å². The minimum Gasteiger partial charge on any atom is -0.481 e. The van der Waals surface area contributed by atoms with Crippen LogP contribution in [0.5, 0.6) is 0 Å². The summed E-state index contributed by atoms with van der Waals surface area (Å²) in [5.74, 6) is -5.32. The highest BCUT2D eigenvalue weighted by Crippen LogP contribution is 2.06. The van der Waals surface area contributed by atoms with Gasteiger partial charge in [-0.15, -0.1) is 0 Å². The molecule has 12 heteroatoms. The number of aliphatic hydroxyl groups is 1. The molecule has 0 rings (SSSR count). The van der Waals surface area contributed by atoms with Crippen LogP contribution in [0.3, 0.4) is 0 Å². The van der Waals surface area contributed by atoms with E-state index in [-0.39, 0.29) is 6.42 Å². The largest absolute Gasteiger partial charge is 0.481 e. The van der Waals surface area contributed by atoms with Crippen LogP contribution >= 0.6 is 0 Å². The van der Waals surface area contributed by atoms with Crippen molar-refractivity contribution in [2.45, 2.75) is 70.8 Å². The number of carbonyl (C=O) groups excluding carboxylic acids is 3. The normalized spacial score (nSPS) is 16.1. The average Bonchev–Trinajstić information content (AvgIpc) is 2.60. The van der Waals surface area contributed by atoms with Crippen LogP contribution in [0.1, 0.15) is 40.5 Å². The van der Waals surface area contributed by atoms with Crippen LogP contribution in [-0.4, -0.2) is 75.3 Å². The molecule has 5 unspecified atom stereocenters. The van der Waals surface area contributed by atoms with Gasteiger partial charge in [-0.1, -0.05) is 13.8 Å². The molecule has 0 aliphatic heterocycles. The van der Waals surface area contributed by atoms with Crippen molar-refractivity contribution in [3.8, 4) is 0 Å². The van der Waals surface area contributed by atoms with Gasteiger partial charge in [-0.3, -0.25) is 19.2 Å². The van der Waals surface area contributed by atoms with E-state index >= 15 is 0 Å². The van der Waals surface area contributed by atoms with E-state index in [1.165, 1.54) is 13.8 Å². The monoisotopic (exact) mass is 418 g/mol. The molecule has 0 aliphatic carbocycles. The number of hydrogen-bond acceptors (Lipinski definition) is 7. The Balaban J connectivity index is 5.05. The van der Waals surface area contributed by atoms with Crippen LogP contribution in [0.4, 0.5) is 0 Å². The summed E-state index contributed by atoms with van der Waals surface area (Å²) in [6.45, 7) is 5.90. The van der Waals surface area contributed by atoms with Gasteiger partial charge in [-0.2, -0.15) is 0 Å². The smallest absolute Gasteiger partial charge is 0.326 e. The third kappa shape index (κ3) is 9.34. The highest BCUT2D eigenvalue weighted by Gasteiger charge is 2.31. The molecule has 0 fully saturated rings. The van der Waals surface area contributed by atoms with Crippen molar-refractivity contribution in [3.63, 3.8) is 0 Å². The minimum absolute atomic E-state index is 0.321. The molecule has 0 bridgehead atoms. The Kier molecular flexibility index (Phi) is 10.8. The molecule has 166 valence electrons. The predicted molar refractivity (Wildman–Crippen MR) is 100 cm³/mol. The second-order valence-corrected chi connectivity index (χ2v) is 7.06. The molecule has 0 radical (unpaired) electrons. The number of hydrogen-bond donors (Lipinski definition) is 7. The number of aliphatic carboxylic acids is 2. The van der Waals surface area contributed by atoms with E-state index in [9.17, 15) is 29.1 Å². The third-order valence-electron chi connectivity index (χ3n) is 4.08. The molecular weight excluding hydrogens is 388 g/mol. The van der Waals surface area contributed by atoms with Gasteiger partial charge >= 0.3 is 11.9 Å². The number of aliphatic hydroxyl groups excluding tert-OH is 1. The summed E-state index contributed by atoms with van der Waals surface area (Å²) >= 11 is 0. The average molecular weight is 418 g/mol. The van der Waals surface area contributed by atoms with Gasteiger partial charge in [0, 0.05) is 6.42 Å². The van der Waals surface area contributed by atoms with E-state index < -0.39 is 72.3 Å². The molecule has 0 heterocycles. The molecule has 0 saturated heterocycles. The number of rotatable bonds is 12. The van der Waals surface area contributed by atoms with Crippen LogP contribution < -0.4 is 21.7 Å². The molecule has 0 aromatic rings. The van der Waals surface area contributed by atoms with Gasteiger partial charge in [0.25, 0.3) is 0 Å². The molecular formula is C17H30N4O8. The molecule has 0 aromatic heterocycles. The molecule has 29 heavy (non-hydrogen) atoms. The van der Waals surface area contributed by atoms with Gasteiger partial charge < -0.3 is 37.0 Å². The standard InChI is InChI=1S/C17H30N4O8/c1-7(2)13(16(27)20-10(17(28)29)5-6-11(23)24)21-14(25)8(3)19-15(26)12(18)9(4)22/h7-10,12-13,22H,5-6,18H2,1-4H3,(H,19,26)(H,20,27)(H,21,25)(H,23,24)(H,28,29). The van der Waals surface area contributed by atoms with Gasteiger partial charge in [0.2, 0.25) is 17.7 Å². The summed E-state index contributed by atoms with van der Waals surface area (Å²) in [5, 5.41) is 34.1. The highest BCUT2D eigenvalue weighted by atomic mass is 16.4. The zero-order valence-electron chi connectivity index (χ0n) is 16.8. The third-order valence-corrected chi connectivity index (χ3v) is 4.08. The summed E-state index contributed by atoms with van der Waals surface area (Å²) in [6.07, 6.45) is -1.90. The van der Waals surface area contributed by atoms with Crippen molar-refractivity contribution in [3.05, 3.63) is 0 Å². The van der Waals surface area contributed by atoms with Crippen LogP contribution in [0, 0.1) is 5.92 Å². The highest BCUT2D eigenvalue weighted by molar-refractivity contribution is 5.94. The number of nitrogens with one attached hydrogen (secondary N) is 3. The second-order valence-electron chi connectivity index (χ2n) is 7.06. The Morgan fingerprint density at radius 2 is 1.41 bits per heavy atom. The molecule has 12 nitrogen and oxygen atoms in total. The fourth-order valence-electron chi connectivity index (χ4n) is 2.19. The van der Waals surface area contributed by atoms with Gasteiger partial charge in [-0.25, -0.2) is 4.79 Å². The minimum atomic E-state index is -1.43. The van der Waals surface area contributed by atoms with Crippen LogP contribution in [-0.2, 0) is 24.0 Å². The first-order valence-electron chi connectivity index (χ1n) is 9.07. The van der Waals surface area contributed by atoms with Crippen molar-refractivity contribution in [1.29, 1.82) is 0 Å². The Hall–Kier alpha value is -2.73. The Labute approximate surface area is 168 Å². The molecule has 3 amide bonds. The van der Waals surface area contributed by atoms with E-state index in [0.29, 0.717) is 0 Å². The summed E-state index contributed by atoms with van der Waals surface area (Å²) in [4.78, 5) is 58.5. The Bertz CT molecular complexity index is 623. The summed E-state index contributed by atoms with van der Waals surface area (Å²) in [5.41, 5.74) is 5.48. The summed E-state index contributed by atoms with van der Waals surface area (Å²) in [7, 11) is 0. The lowest BCUT2D eigenvalue weighted by Crippen LogP contribution is -2.58. The summed E-state index contributed by atoms with van der Waals surface area (Å²) < 4.78 is 0. The van der Waals surface area contributed by atoms with Crippen molar-refractivity contribution < 1.29 is 39.3 Å². The lowest BCUT2D eigenvalue weighted by molar-refractivity contribution is -0.143. The molecule has 0 aromatic carbocycles. The fraction of sp³-hybridized carbons (Fsp3) is 0.706. The van der Waals surface area contributed by atoms with Crippen LogP contribution in [0.2, 0.25) is 0 Å². The van der Waals surface area contributed by atoms with Crippen molar-refractivity contribution in [2.24, 2.45) is 11.7 Å². The predicted octanol–water partition coefficient (Wildman–Crippen LogP) is -2.23. The number of amides is 3. The van der Waals surface area contributed by atoms with E-state index in [1.54, 1.807) is 13.8 Å². The molecule has 0 saturated carbocycles. The zero-order chi connectivity index (χ0) is 22.9. The Morgan fingerprint density at radius 1 is 0.862 bits per heavy atom. The number of carboxylic acids is 2. The van der Waals surface area contributed by atoms with E-state index in [1.807, 2.05) is 0 Å². The zero-order valence-corrected chi connectivity index (χ0v) is 16.8. The lowest BCUT2D eigenvalue weighted by Gasteiger charge is -2.26. The van der Waals surface area contributed by atoms with E-state index in [4.69, 9.17) is 15.9 Å². The fourth-order valence-corrected chi connectivity index (χ4v) is 2.19. The van der Waals surface area contributed by atoms with Gasteiger partial charge in [-0.05, 0) is 26.2 Å². The molecule has 8 N–H and O–H groups in total. The number of carboxylic acid groups (broad SMARTS) is 2. The SMILES string of the molecule is CC(NC(=O)C(N)C(C)O)C(=O)NC(C(=O)NC(CCC(=O)O)C(=O)O)C(C)C. The first kappa shape index (κ1) is 26.3. The van der Waals surface area contributed by atoms with Crippen molar-refractivity contribution in [1.82, 2.24) is 16.0 Å². The van der Waals surface area contributed by atoms with Gasteiger partial charge in [0.1, 0.15) is 24.2 Å². The lowest BCUT2D eigenvalue weighted by atomic mass is 10.0.